The smallest absolute Gasteiger partial charge is 0.332 e. The molecule has 8 nitrogen and oxygen atoms in total. The molecule has 0 amide bonds. The van der Waals surface area contributed by atoms with Crippen LogP contribution in [-0.4, -0.2) is 58.3 Å². The predicted molar refractivity (Wildman–Crippen MR) is 111 cm³/mol. The van der Waals surface area contributed by atoms with Gasteiger partial charge in [0.1, 0.15) is 35.6 Å². The fourth-order valence-corrected chi connectivity index (χ4v) is 4.01. The quantitative estimate of drug-likeness (QED) is 0.522. The van der Waals surface area contributed by atoms with Crippen molar-refractivity contribution in [1.29, 1.82) is 0 Å². The molecule has 2 aromatic carbocycles. The van der Waals surface area contributed by atoms with Crippen molar-refractivity contribution >= 4 is 28.7 Å². The Morgan fingerprint density at radius 1 is 1.17 bits per heavy atom. The van der Waals surface area contributed by atoms with Crippen LogP contribution < -0.4 is 10.1 Å². The van der Waals surface area contributed by atoms with E-state index >= 15 is 0 Å². The number of fused-ring (bicyclic) bond motifs is 1. The first kappa shape index (κ1) is 20.7. The Labute approximate surface area is 178 Å². The molecule has 1 aliphatic heterocycles. The average molecular weight is 429 g/mol. The van der Waals surface area contributed by atoms with E-state index in [1.165, 1.54) is 0 Å². The molecule has 1 aliphatic rings. The third-order valence-corrected chi connectivity index (χ3v) is 5.61. The molecule has 0 saturated carbocycles. The Bertz CT molecular complexity index is 994. The summed E-state index contributed by atoms with van der Waals surface area (Å²) in [7, 11) is 1.62. The minimum absolute atomic E-state index is 0.170. The second-order valence-corrected chi connectivity index (χ2v) is 7.70. The zero-order chi connectivity index (χ0) is 20.9. The van der Waals surface area contributed by atoms with Crippen molar-refractivity contribution in [2.24, 2.45) is 0 Å². The van der Waals surface area contributed by atoms with Crippen LogP contribution in [0.4, 0.5) is 0 Å². The number of hydrogen-bond acceptors (Lipinski definition) is 9. The standard InChI is InChI=1S/C21H23N3O5S/c1-27-15-5-2-13(3-6-15)8-18-21(19(25)10-22-18)29-20(26)12-28-11-14-4-7-16-17(9-14)24-30-23-16/h2-7,9,18-19,21-22,25H,8,10-12H2,1H3/t18-,19+,21+/m1/s1. The first-order valence-electron chi connectivity index (χ1n) is 9.65. The number of hydrogen-bond donors (Lipinski definition) is 2. The summed E-state index contributed by atoms with van der Waals surface area (Å²) in [4.78, 5) is 12.3. The lowest BCUT2D eigenvalue weighted by Gasteiger charge is -2.22. The molecule has 1 fully saturated rings. The van der Waals surface area contributed by atoms with E-state index in [1.807, 2.05) is 42.5 Å². The lowest BCUT2D eigenvalue weighted by molar-refractivity contribution is -0.159. The summed E-state index contributed by atoms with van der Waals surface area (Å²) in [5.41, 5.74) is 3.62. The Hall–Kier alpha value is -2.59. The molecule has 158 valence electrons. The Morgan fingerprint density at radius 2 is 1.93 bits per heavy atom. The summed E-state index contributed by atoms with van der Waals surface area (Å²) >= 11 is 1.16. The molecule has 4 rings (SSSR count). The molecule has 3 atom stereocenters. The highest BCUT2D eigenvalue weighted by Gasteiger charge is 2.37. The maximum absolute atomic E-state index is 12.3. The van der Waals surface area contributed by atoms with Crippen molar-refractivity contribution in [3.05, 3.63) is 53.6 Å². The number of nitrogens with one attached hydrogen (secondary N) is 1. The number of aliphatic hydroxyl groups is 1. The fourth-order valence-electron chi connectivity index (χ4n) is 3.49. The number of esters is 1. The first-order chi connectivity index (χ1) is 14.6. The van der Waals surface area contributed by atoms with E-state index in [4.69, 9.17) is 14.2 Å². The van der Waals surface area contributed by atoms with Crippen LogP contribution >= 0.6 is 11.7 Å². The summed E-state index contributed by atoms with van der Waals surface area (Å²) in [6.45, 7) is 0.455. The van der Waals surface area contributed by atoms with E-state index in [9.17, 15) is 9.90 Å². The van der Waals surface area contributed by atoms with Crippen molar-refractivity contribution < 1.29 is 24.1 Å². The number of rotatable bonds is 8. The van der Waals surface area contributed by atoms with Gasteiger partial charge in [-0.1, -0.05) is 18.2 Å². The fraction of sp³-hybridized carbons (Fsp3) is 0.381. The molecule has 0 bridgehead atoms. The van der Waals surface area contributed by atoms with Crippen molar-refractivity contribution in [3.63, 3.8) is 0 Å². The third kappa shape index (κ3) is 4.93. The number of ether oxygens (including phenoxy) is 3. The molecule has 2 heterocycles. The summed E-state index contributed by atoms with van der Waals surface area (Å²) in [5, 5.41) is 13.5. The van der Waals surface area contributed by atoms with Crippen LogP contribution in [-0.2, 0) is 27.3 Å². The number of methoxy groups -OCH3 is 1. The molecule has 3 aromatic rings. The van der Waals surface area contributed by atoms with Gasteiger partial charge in [-0.05, 0) is 41.8 Å². The first-order valence-corrected chi connectivity index (χ1v) is 10.4. The van der Waals surface area contributed by atoms with Crippen molar-refractivity contribution in [1.82, 2.24) is 14.1 Å². The molecule has 0 unspecified atom stereocenters. The highest BCUT2D eigenvalue weighted by atomic mass is 32.1. The molecule has 0 spiro atoms. The minimum Gasteiger partial charge on any atom is -0.497 e. The number of aliphatic hydroxyl groups excluding tert-OH is 1. The molecule has 0 aliphatic carbocycles. The van der Waals surface area contributed by atoms with Gasteiger partial charge in [-0.15, -0.1) is 0 Å². The van der Waals surface area contributed by atoms with Crippen LogP contribution in [0.3, 0.4) is 0 Å². The number of carbonyl (C=O) groups excluding carboxylic acids is 1. The van der Waals surface area contributed by atoms with Gasteiger partial charge in [0.15, 0.2) is 0 Å². The summed E-state index contributed by atoms with van der Waals surface area (Å²) in [6.07, 6.45) is -0.751. The van der Waals surface area contributed by atoms with Crippen LogP contribution in [0.25, 0.3) is 11.0 Å². The van der Waals surface area contributed by atoms with Gasteiger partial charge in [0.25, 0.3) is 0 Å². The highest BCUT2D eigenvalue weighted by Crippen LogP contribution is 2.19. The van der Waals surface area contributed by atoms with Crippen LogP contribution in [0.2, 0.25) is 0 Å². The third-order valence-electron chi connectivity index (χ3n) is 5.05. The number of benzene rings is 2. The molecule has 1 saturated heterocycles. The molecular formula is C21H23N3O5S. The minimum atomic E-state index is -0.753. The second kappa shape index (κ2) is 9.48. The summed E-state index contributed by atoms with van der Waals surface area (Å²) in [6, 6.07) is 13.2. The van der Waals surface area contributed by atoms with Crippen molar-refractivity contribution in [2.75, 3.05) is 20.3 Å². The maximum Gasteiger partial charge on any atom is 0.332 e. The Kier molecular flexibility index (Phi) is 6.53. The SMILES string of the molecule is COc1ccc(C[C@H]2NC[C@H](O)[C@H]2OC(=O)COCc2ccc3nsnc3c2)cc1. The van der Waals surface area contributed by atoms with E-state index in [1.54, 1.807) is 7.11 Å². The van der Waals surface area contributed by atoms with E-state index < -0.39 is 18.2 Å². The second-order valence-electron chi connectivity index (χ2n) is 7.17. The van der Waals surface area contributed by atoms with E-state index in [0.717, 1.165) is 39.6 Å². The topological polar surface area (TPSA) is 103 Å². The normalized spacial score (nSPS) is 21.1. The van der Waals surface area contributed by atoms with E-state index in [0.29, 0.717) is 13.0 Å². The van der Waals surface area contributed by atoms with Gasteiger partial charge < -0.3 is 24.6 Å². The largest absolute Gasteiger partial charge is 0.497 e. The summed E-state index contributed by atoms with van der Waals surface area (Å²) < 4.78 is 24.5. The van der Waals surface area contributed by atoms with Crippen molar-refractivity contribution in [2.45, 2.75) is 31.3 Å². The lowest BCUT2D eigenvalue weighted by Crippen LogP contribution is -2.39. The zero-order valence-corrected chi connectivity index (χ0v) is 17.3. The van der Waals surface area contributed by atoms with Gasteiger partial charge >= 0.3 is 5.97 Å². The lowest BCUT2D eigenvalue weighted by atomic mass is 10.0. The van der Waals surface area contributed by atoms with Gasteiger partial charge in [-0.2, -0.15) is 8.75 Å². The van der Waals surface area contributed by atoms with Gasteiger partial charge in [-0.3, -0.25) is 0 Å². The Morgan fingerprint density at radius 3 is 2.73 bits per heavy atom. The van der Waals surface area contributed by atoms with Crippen LogP contribution in [0.15, 0.2) is 42.5 Å². The monoisotopic (exact) mass is 429 g/mol. The summed E-state index contributed by atoms with van der Waals surface area (Å²) in [5.74, 6) is 0.280. The van der Waals surface area contributed by atoms with Gasteiger partial charge in [0.2, 0.25) is 0 Å². The van der Waals surface area contributed by atoms with Gasteiger partial charge in [-0.25, -0.2) is 4.79 Å². The molecule has 2 N–H and O–H groups in total. The number of β-amino-alcohol motifs (C(OH)–C–C–N with tert-alkyl or cyclic N) is 1. The predicted octanol–water partition coefficient (Wildman–Crippen LogP) is 1.70. The Balaban J connectivity index is 1.28. The number of carbonyl (C=O) groups is 1. The average Bonchev–Trinajstić information content (AvgIpc) is 3.36. The van der Waals surface area contributed by atoms with E-state index in [-0.39, 0.29) is 19.3 Å². The highest BCUT2D eigenvalue weighted by molar-refractivity contribution is 7.00. The molecule has 9 heteroatoms. The number of aromatic nitrogens is 2. The molecular weight excluding hydrogens is 406 g/mol. The zero-order valence-electron chi connectivity index (χ0n) is 16.5. The maximum atomic E-state index is 12.3. The van der Waals surface area contributed by atoms with Gasteiger partial charge in [0.05, 0.1) is 31.5 Å². The molecule has 0 radical (unpaired) electrons. The van der Waals surface area contributed by atoms with Crippen LogP contribution in [0.5, 0.6) is 5.75 Å². The molecule has 1 aromatic heterocycles. The van der Waals surface area contributed by atoms with Gasteiger partial charge in [0, 0.05) is 6.54 Å². The number of nitrogens with zero attached hydrogens (tertiary/aromatic N) is 2. The van der Waals surface area contributed by atoms with E-state index in [2.05, 4.69) is 14.1 Å². The van der Waals surface area contributed by atoms with Crippen molar-refractivity contribution in [3.8, 4) is 5.75 Å². The molecule has 30 heavy (non-hydrogen) atoms. The van der Waals surface area contributed by atoms with Crippen LogP contribution in [0.1, 0.15) is 11.1 Å². The van der Waals surface area contributed by atoms with Crippen LogP contribution in [0, 0.1) is 0 Å².